The highest BCUT2D eigenvalue weighted by Gasteiger charge is 2.06. The van der Waals surface area contributed by atoms with E-state index >= 15 is 0 Å². The highest BCUT2D eigenvalue weighted by atomic mass is 16.7. The van der Waals surface area contributed by atoms with Gasteiger partial charge in [0.2, 0.25) is 0 Å². The van der Waals surface area contributed by atoms with Gasteiger partial charge in [-0.15, -0.1) is 0 Å². The second-order valence-electron chi connectivity index (χ2n) is 4.16. The number of ether oxygens (including phenoxy) is 3. The first-order valence-corrected chi connectivity index (χ1v) is 7.16. The highest BCUT2D eigenvalue weighted by molar-refractivity contribution is 4.46. The van der Waals surface area contributed by atoms with Gasteiger partial charge in [0, 0.05) is 26.2 Å². The van der Waals surface area contributed by atoms with Crippen molar-refractivity contribution < 1.29 is 14.2 Å². The van der Waals surface area contributed by atoms with Gasteiger partial charge in [-0.05, 0) is 20.3 Å². The second kappa shape index (κ2) is 13.9. The Morgan fingerprint density at radius 3 is 2.00 bits per heavy atom. The van der Waals surface area contributed by atoms with Crippen LogP contribution in [0.4, 0.5) is 0 Å². The average molecular weight is 246 g/mol. The van der Waals surface area contributed by atoms with Crippen molar-refractivity contribution in [2.75, 3.05) is 26.4 Å². The Balaban J connectivity index is 3.23. The Labute approximate surface area is 107 Å². The van der Waals surface area contributed by atoms with Crippen molar-refractivity contribution in [3.05, 3.63) is 0 Å². The molecule has 0 aliphatic rings. The van der Waals surface area contributed by atoms with Gasteiger partial charge in [-0.25, -0.2) is 0 Å². The van der Waals surface area contributed by atoms with E-state index < -0.39 is 0 Å². The molecule has 0 fully saturated rings. The molecule has 0 radical (unpaired) electrons. The molecule has 0 aliphatic heterocycles. The predicted molar refractivity (Wildman–Crippen MR) is 71.2 cm³/mol. The molecule has 0 spiro atoms. The van der Waals surface area contributed by atoms with Gasteiger partial charge in [-0.2, -0.15) is 0 Å². The first-order valence-electron chi connectivity index (χ1n) is 7.16. The van der Waals surface area contributed by atoms with E-state index in [1.807, 2.05) is 13.8 Å². The van der Waals surface area contributed by atoms with Gasteiger partial charge in [-0.3, -0.25) is 0 Å². The quantitative estimate of drug-likeness (QED) is 0.366. The van der Waals surface area contributed by atoms with Gasteiger partial charge in [0.05, 0.1) is 6.61 Å². The normalized spacial score (nSPS) is 11.3. The van der Waals surface area contributed by atoms with E-state index in [2.05, 4.69) is 6.92 Å². The highest BCUT2D eigenvalue weighted by Crippen LogP contribution is 2.04. The van der Waals surface area contributed by atoms with Crippen LogP contribution in [0.5, 0.6) is 0 Å². The zero-order valence-corrected chi connectivity index (χ0v) is 11.9. The summed E-state index contributed by atoms with van der Waals surface area (Å²) < 4.78 is 16.5. The summed E-state index contributed by atoms with van der Waals surface area (Å²) in [7, 11) is 0. The van der Waals surface area contributed by atoms with E-state index in [4.69, 9.17) is 14.2 Å². The Bertz CT molecular complexity index is 133. The zero-order chi connectivity index (χ0) is 12.8. The molecule has 0 N–H and O–H groups in total. The van der Waals surface area contributed by atoms with Crippen molar-refractivity contribution in [1.82, 2.24) is 0 Å². The molecule has 0 bridgehead atoms. The van der Waals surface area contributed by atoms with Crippen molar-refractivity contribution in [3.8, 4) is 0 Å². The molecule has 0 aliphatic carbocycles. The fourth-order valence-electron chi connectivity index (χ4n) is 1.68. The lowest BCUT2D eigenvalue weighted by molar-refractivity contribution is -0.146. The van der Waals surface area contributed by atoms with E-state index in [1.165, 1.54) is 32.1 Å². The lowest BCUT2D eigenvalue weighted by atomic mass is 10.2. The first-order chi connectivity index (χ1) is 8.35. The molecular weight excluding hydrogens is 216 g/mol. The molecule has 0 unspecified atom stereocenters. The number of rotatable bonds is 13. The third-order valence-corrected chi connectivity index (χ3v) is 2.60. The molecule has 0 heterocycles. The Kier molecular flexibility index (Phi) is 13.8. The molecular formula is C14H30O3. The fraction of sp³-hybridized carbons (Fsp3) is 1.00. The molecule has 3 nitrogen and oxygen atoms in total. The van der Waals surface area contributed by atoms with Crippen LogP contribution in [-0.4, -0.2) is 32.7 Å². The molecule has 0 atom stereocenters. The van der Waals surface area contributed by atoms with Crippen LogP contribution in [0.15, 0.2) is 0 Å². The Hall–Kier alpha value is -0.120. The number of unbranched alkanes of at least 4 members (excludes halogenated alkanes) is 4. The first kappa shape index (κ1) is 16.9. The molecule has 17 heavy (non-hydrogen) atoms. The lowest BCUT2D eigenvalue weighted by Crippen LogP contribution is -2.19. The molecule has 0 aromatic rings. The van der Waals surface area contributed by atoms with E-state index in [-0.39, 0.29) is 6.29 Å². The molecule has 0 aromatic carbocycles. The van der Waals surface area contributed by atoms with Crippen LogP contribution in [0.25, 0.3) is 0 Å². The number of hydrogen-bond acceptors (Lipinski definition) is 3. The summed E-state index contributed by atoms with van der Waals surface area (Å²) in [4.78, 5) is 0. The summed E-state index contributed by atoms with van der Waals surface area (Å²) in [6.07, 6.45) is 7.17. The summed E-state index contributed by atoms with van der Waals surface area (Å²) in [5.74, 6) is 0. The monoisotopic (exact) mass is 246 g/mol. The van der Waals surface area contributed by atoms with Gasteiger partial charge >= 0.3 is 0 Å². The molecule has 0 amide bonds. The minimum atomic E-state index is -0.0925. The van der Waals surface area contributed by atoms with E-state index in [0.29, 0.717) is 13.2 Å². The molecule has 0 rings (SSSR count). The summed E-state index contributed by atoms with van der Waals surface area (Å²) in [6, 6.07) is 0. The molecule has 0 aromatic heterocycles. The summed E-state index contributed by atoms with van der Waals surface area (Å²) in [5.41, 5.74) is 0. The molecule has 3 heteroatoms. The summed E-state index contributed by atoms with van der Waals surface area (Å²) >= 11 is 0. The van der Waals surface area contributed by atoms with Crippen molar-refractivity contribution >= 4 is 0 Å². The minimum Gasteiger partial charge on any atom is -0.381 e. The van der Waals surface area contributed by atoms with Crippen LogP contribution < -0.4 is 0 Å². The van der Waals surface area contributed by atoms with Crippen LogP contribution in [0.1, 0.15) is 59.3 Å². The Morgan fingerprint density at radius 2 is 1.41 bits per heavy atom. The zero-order valence-electron chi connectivity index (χ0n) is 11.9. The SMILES string of the molecule is CCCCCCCOCCC(OCC)OCC. The van der Waals surface area contributed by atoms with Crippen molar-refractivity contribution in [3.63, 3.8) is 0 Å². The molecule has 0 saturated carbocycles. The maximum Gasteiger partial charge on any atom is 0.159 e. The largest absolute Gasteiger partial charge is 0.381 e. The van der Waals surface area contributed by atoms with E-state index in [1.54, 1.807) is 0 Å². The van der Waals surface area contributed by atoms with Gasteiger partial charge in [0.1, 0.15) is 0 Å². The Morgan fingerprint density at radius 1 is 0.765 bits per heavy atom. The summed E-state index contributed by atoms with van der Waals surface area (Å²) in [5, 5.41) is 0. The average Bonchev–Trinajstić information content (AvgIpc) is 2.33. The lowest BCUT2D eigenvalue weighted by Gasteiger charge is -2.16. The third-order valence-electron chi connectivity index (χ3n) is 2.60. The van der Waals surface area contributed by atoms with Crippen LogP contribution in [-0.2, 0) is 14.2 Å². The molecule has 0 saturated heterocycles. The van der Waals surface area contributed by atoms with Gasteiger partial charge in [-0.1, -0.05) is 32.6 Å². The number of hydrogen-bond donors (Lipinski definition) is 0. The van der Waals surface area contributed by atoms with Gasteiger partial charge in [0.15, 0.2) is 6.29 Å². The van der Waals surface area contributed by atoms with Crippen LogP contribution in [0.2, 0.25) is 0 Å². The van der Waals surface area contributed by atoms with Crippen LogP contribution in [0.3, 0.4) is 0 Å². The van der Waals surface area contributed by atoms with E-state index in [0.717, 1.165) is 19.6 Å². The van der Waals surface area contributed by atoms with E-state index in [9.17, 15) is 0 Å². The maximum atomic E-state index is 5.58. The fourth-order valence-corrected chi connectivity index (χ4v) is 1.68. The minimum absolute atomic E-state index is 0.0925. The van der Waals surface area contributed by atoms with Gasteiger partial charge in [0.25, 0.3) is 0 Å². The molecule has 104 valence electrons. The van der Waals surface area contributed by atoms with Gasteiger partial charge < -0.3 is 14.2 Å². The second-order valence-corrected chi connectivity index (χ2v) is 4.16. The smallest absolute Gasteiger partial charge is 0.159 e. The summed E-state index contributed by atoms with van der Waals surface area (Å²) in [6.45, 7) is 9.20. The van der Waals surface area contributed by atoms with Crippen molar-refractivity contribution in [2.24, 2.45) is 0 Å². The van der Waals surface area contributed by atoms with Crippen LogP contribution in [0, 0.1) is 0 Å². The third kappa shape index (κ3) is 12.1. The van der Waals surface area contributed by atoms with Crippen molar-refractivity contribution in [2.45, 2.75) is 65.6 Å². The predicted octanol–water partition coefficient (Wildman–Crippen LogP) is 3.76. The standard InChI is InChI=1S/C14H30O3/c1-4-7-8-9-10-12-15-13-11-14(16-5-2)17-6-3/h14H,4-13H2,1-3H3. The topological polar surface area (TPSA) is 27.7 Å². The maximum absolute atomic E-state index is 5.58. The van der Waals surface area contributed by atoms with Crippen molar-refractivity contribution in [1.29, 1.82) is 0 Å². The van der Waals surface area contributed by atoms with Crippen LogP contribution >= 0.6 is 0 Å².